The van der Waals surface area contributed by atoms with Crippen LogP contribution in [0.15, 0.2) is 23.2 Å². The summed E-state index contributed by atoms with van der Waals surface area (Å²) in [6, 6.07) is 9.72. The number of aliphatic imine (C=N–C) groups is 1. The topological polar surface area (TPSA) is 123 Å². The van der Waals surface area contributed by atoms with Gasteiger partial charge in [0.1, 0.15) is 22.7 Å². The average Bonchev–Trinajstić information content (AvgIpc) is 3.04. The second-order valence-electron chi connectivity index (χ2n) is 6.70. The first kappa shape index (κ1) is 16.6. The number of rotatable bonds is 3. The number of nitrogens with zero attached hydrogens (tertiary/aromatic N) is 3. The molecule has 1 aliphatic carbocycles. The number of hydrogen-bond donors (Lipinski definition) is 1. The summed E-state index contributed by atoms with van der Waals surface area (Å²) >= 11 is 0. The number of fused-ring (bicyclic) bond motifs is 2. The zero-order valence-electron chi connectivity index (χ0n) is 14.6. The van der Waals surface area contributed by atoms with Crippen LogP contribution in [0.4, 0.5) is 0 Å². The molecule has 0 unspecified atom stereocenters. The molecule has 1 aromatic carbocycles. The highest BCUT2D eigenvalue weighted by molar-refractivity contribution is 6.00. The Labute approximate surface area is 150 Å². The van der Waals surface area contributed by atoms with Crippen LogP contribution in [-0.2, 0) is 9.47 Å². The summed E-state index contributed by atoms with van der Waals surface area (Å²) in [7, 11) is 3.07. The molecule has 8 nitrogen and oxygen atoms in total. The van der Waals surface area contributed by atoms with E-state index in [0.717, 1.165) is 0 Å². The Kier molecular flexibility index (Phi) is 3.27. The molecule has 2 fully saturated rings. The third-order valence-electron chi connectivity index (χ3n) is 5.55. The molecule has 2 N–H and O–H groups in total. The number of amidine groups is 1. The number of methoxy groups -OCH3 is 2. The minimum atomic E-state index is -1.57. The van der Waals surface area contributed by atoms with Crippen LogP contribution >= 0.6 is 0 Å². The highest BCUT2D eigenvalue weighted by atomic mass is 16.8. The van der Waals surface area contributed by atoms with Gasteiger partial charge in [0.05, 0.1) is 39.1 Å². The van der Waals surface area contributed by atoms with Crippen LogP contribution in [0.1, 0.15) is 18.4 Å². The van der Waals surface area contributed by atoms with Crippen molar-refractivity contribution >= 4 is 5.84 Å². The Hall–Kier alpha value is -2.81. The summed E-state index contributed by atoms with van der Waals surface area (Å²) in [6.45, 7) is 2.09. The Morgan fingerprint density at radius 2 is 2.04 bits per heavy atom. The maximum absolute atomic E-state index is 10.1. The maximum atomic E-state index is 10.1. The molecule has 26 heavy (non-hydrogen) atoms. The van der Waals surface area contributed by atoms with Gasteiger partial charge in [0.25, 0.3) is 5.91 Å². The molecule has 3 aliphatic rings. The van der Waals surface area contributed by atoms with Crippen LogP contribution in [0.25, 0.3) is 0 Å². The highest BCUT2D eigenvalue weighted by Crippen LogP contribution is 2.83. The first-order valence-electron chi connectivity index (χ1n) is 8.18. The van der Waals surface area contributed by atoms with Crippen molar-refractivity contribution in [2.75, 3.05) is 20.8 Å². The standard InChI is InChI=1S/C18H18N4O4/c1-10-7-25-18(26-10)17(9-20)14(16(17,8-19)15(21)22-18)12-5-4-11(23-2)6-13(12)24-3/h4-6,10,14H,7H2,1-3H3,(H2,21,22)/t10-,14-,16-,17-,18+/m1/s1. The maximum Gasteiger partial charge on any atom is 0.293 e. The van der Waals surface area contributed by atoms with E-state index in [0.29, 0.717) is 17.1 Å². The van der Waals surface area contributed by atoms with E-state index in [1.165, 1.54) is 7.11 Å². The van der Waals surface area contributed by atoms with Crippen LogP contribution in [0.5, 0.6) is 11.5 Å². The first-order chi connectivity index (χ1) is 12.5. The molecule has 0 amide bonds. The van der Waals surface area contributed by atoms with Gasteiger partial charge in [-0.3, -0.25) is 0 Å². The lowest BCUT2D eigenvalue weighted by atomic mass is 9.93. The van der Waals surface area contributed by atoms with Crippen molar-refractivity contribution < 1.29 is 18.9 Å². The number of nitriles is 2. The summed E-state index contributed by atoms with van der Waals surface area (Å²) in [4.78, 5) is 4.29. The zero-order chi connectivity index (χ0) is 18.7. The van der Waals surface area contributed by atoms with Gasteiger partial charge in [-0.25, -0.2) is 4.99 Å². The smallest absolute Gasteiger partial charge is 0.293 e. The summed E-state index contributed by atoms with van der Waals surface area (Å²) in [5, 5.41) is 20.1. The van der Waals surface area contributed by atoms with Gasteiger partial charge in [0.2, 0.25) is 0 Å². The van der Waals surface area contributed by atoms with Crippen molar-refractivity contribution in [1.82, 2.24) is 0 Å². The third-order valence-corrected chi connectivity index (χ3v) is 5.55. The van der Waals surface area contributed by atoms with Gasteiger partial charge >= 0.3 is 0 Å². The lowest BCUT2D eigenvalue weighted by Gasteiger charge is -2.26. The Balaban J connectivity index is 1.91. The Morgan fingerprint density at radius 3 is 2.58 bits per heavy atom. The van der Waals surface area contributed by atoms with E-state index in [9.17, 15) is 10.5 Å². The van der Waals surface area contributed by atoms with Crippen molar-refractivity contribution in [3.05, 3.63) is 23.8 Å². The molecule has 5 atom stereocenters. The lowest BCUT2D eigenvalue weighted by molar-refractivity contribution is -0.193. The van der Waals surface area contributed by atoms with E-state index >= 15 is 0 Å². The van der Waals surface area contributed by atoms with Gasteiger partial charge in [0, 0.05) is 17.5 Å². The van der Waals surface area contributed by atoms with Gasteiger partial charge in [-0.1, -0.05) is 6.07 Å². The average molecular weight is 354 g/mol. The van der Waals surface area contributed by atoms with Crippen molar-refractivity contribution in [2.24, 2.45) is 21.6 Å². The molecule has 1 saturated heterocycles. The fourth-order valence-corrected chi connectivity index (χ4v) is 4.38. The van der Waals surface area contributed by atoms with E-state index in [1.807, 2.05) is 6.92 Å². The highest BCUT2D eigenvalue weighted by Gasteiger charge is 2.94. The fourth-order valence-electron chi connectivity index (χ4n) is 4.38. The first-order valence-corrected chi connectivity index (χ1v) is 8.18. The van der Waals surface area contributed by atoms with Crippen LogP contribution in [0, 0.1) is 33.5 Å². The molecule has 2 aliphatic heterocycles. The monoisotopic (exact) mass is 354 g/mol. The van der Waals surface area contributed by atoms with E-state index in [2.05, 4.69) is 17.1 Å². The van der Waals surface area contributed by atoms with Gasteiger partial charge < -0.3 is 24.7 Å². The number of ether oxygens (including phenoxy) is 4. The van der Waals surface area contributed by atoms with E-state index < -0.39 is 22.7 Å². The molecule has 0 aromatic heterocycles. The molecule has 8 heteroatoms. The summed E-state index contributed by atoms with van der Waals surface area (Å²) in [6.07, 6.45) is -0.259. The van der Waals surface area contributed by atoms with Gasteiger partial charge in [0.15, 0.2) is 5.41 Å². The van der Waals surface area contributed by atoms with Crippen molar-refractivity contribution in [2.45, 2.75) is 24.9 Å². The SMILES string of the molecule is COc1ccc([C@H]2[C@@]3(C#N)[C@]4(N=C(N)[C@@]23C#N)OC[C@@H](C)O4)c(OC)c1. The largest absolute Gasteiger partial charge is 0.497 e. The summed E-state index contributed by atoms with van der Waals surface area (Å²) in [5.41, 5.74) is 4.12. The van der Waals surface area contributed by atoms with E-state index in [1.54, 1.807) is 25.3 Å². The minimum absolute atomic E-state index is 0.0542. The molecule has 0 radical (unpaired) electrons. The molecule has 134 valence electrons. The molecular weight excluding hydrogens is 336 g/mol. The normalized spacial score (nSPS) is 39.7. The zero-order valence-corrected chi connectivity index (χ0v) is 14.6. The molecule has 1 aromatic rings. The van der Waals surface area contributed by atoms with Gasteiger partial charge in [-0.15, -0.1) is 0 Å². The molecule has 1 saturated carbocycles. The van der Waals surface area contributed by atoms with Crippen LogP contribution in [0.3, 0.4) is 0 Å². The number of hydrogen-bond acceptors (Lipinski definition) is 8. The molecule has 2 heterocycles. The quantitative estimate of drug-likeness (QED) is 0.867. The van der Waals surface area contributed by atoms with Crippen molar-refractivity contribution in [1.29, 1.82) is 10.5 Å². The summed E-state index contributed by atoms with van der Waals surface area (Å²) in [5.74, 6) is -1.00. The molecular formula is C18H18N4O4. The Morgan fingerprint density at radius 1 is 1.27 bits per heavy atom. The summed E-state index contributed by atoms with van der Waals surface area (Å²) < 4.78 is 22.4. The van der Waals surface area contributed by atoms with Crippen molar-refractivity contribution in [3.8, 4) is 23.6 Å². The van der Waals surface area contributed by atoms with Gasteiger partial charge in [-0.2, -0.15) is 10.5 Å². The third kappa shape index (κ3) is 1.57. The van der Waals surface area contributed by atoms with Gasteiger partial charge in [-0.05, 0) is 13.0 Å². The fraction of sp³-hybridized carbons (Fsp3) is 0.500. The molecule has 4 rings (SSSR count). The second-order valence-corrected chi connectivity index (χ2v) is 6.70. The molecule has 1 spiro atoms. The van der Waals surface area contributed by atoms with Crippen LogP contribution in [0.2, 0.25) is 0 Å². The van der Waals surface area contributed by atoms with E-state index in [-0.39, 0.29) is 18.5 Å². The minimum Gasteiger partial charge on any atom is -0.497 e. The Bertz CT molecular complexity index is 903. The number of benzene rings is 1. The second kappa shape index (κ2) is 5.10. The van der Waals surface area contributed by atoms with E-state index in [4.69, 9.17) is 24.7 Å². The van der Waals surface area contributed by atoms with Crippen LogP contribution in [-0.4, -0.2) is 38.7 Å². The van der Waals surface area contributed by atoms with Crippen molar-refractivity contribution in [3.63, 3.8) is 0 Å². The molecule has 0 bridgehead atoms. The predicted octanol–water partition coefficient (Wildman–Crippen LogP) is 1.28. The lowest BCUT2D eigenvalue weighted by Crippen LogP contribution is -2.39. The van der Waals surface area contributed by atoms with Crippen LogP contribution < -0.4 is 15.2 Å². The number of nitrogens with two attached hydrogens (primary N) is 1. The predicted molar refractivity (Wildman–Crippen MR) is 89.2 cm³/mol.